The summed E-state index contributed by atoms with van der Waals surface area (Å²) in [7, 11) is 0. The lowest BCUT2D eigenvalue weighted by Gasteiger charge is -2.23. The fourth-order valence-electron chi connectivity index (χ4n) is 2.28. The van der Waals surface area contributed by atoms with Crippen molar-refractivity contribution in [3.8, 4) is 0 Å². The molecule has 2 aromatic heterocycles. The highest BCUT2D eigenvalue weighted by Crippen LogP contribution is 2.38. The fourth-order valence-corrected chi connectivity index (χ4v) is 3.82. The molecule has 1 fully saturated rings. The molecule has 0 amide bonds. The van der Waals surface area contributed by atoms with Gasteiger partial charge in [-0.15, -0.1) is 11.3 Å². The van der Waals surface area contributed by atoms with Gasteiger partial charge >= 0.3 is 0 Å². The number of hydrogen-bond donors (Lipinski definition) is 0. The highest BCUT2D eigenvalue weighted by molar-refractivity contribution is 7.15. The summed E-state index contributed by atoms with van der Waals surface area (Å²) in [6.07, 6.45) is 4.51. The molecular weight excluding hydrogens is 236 g/mol. The van der Waals surface area contributed by atoms with Crippen molar-refractivity contribution in [3.05, 3.63) is 33.5 Å². The molecule has 0 bridgehead atoms. The van der Waals surface area contributed by atoms with Crippen molar-refractivity contribution in [2.75, 3.05) is 11.4 Å². The van der Waals surface area contributed by atoms with Crippen LogP contribution in [0.5, 0.6) is 0 Å². The third-order valence-corrected chi connectivity index (χ3v) is 4.69. The SMILES string of the molecule is Cc1cnc(N2CCCC2c2ccsc2)s1. The molecule has 0 N–H and O–H groups in total. The Bertz CT molecular complexity index is 461. The Morgan fingerprint density at radius 2 is 2.44 bits per heavy atom. The van der Waals surface area contributed by atoms with Crippen molar-refractivity contribution in [3.63, 3.8) is 0 Å². The van der Waals surface area contributed by atoms with E-state index in [1.807, 2.05) is 6.20 Å². The maximum Gasteiger partial charge on any atom is 0.186 e. The monoisotopic (exact) mass is 250 g/mol. The van der Waals surface area contributed by atoms with Crippen LogP contribution in [0.2, 0.25) is 0 Å². The highest BCUT2D eigenvalue weighted by atomic mass is 32.1. The molecule has 0 aromatic carbocycles. The highest BCUT2D eigenvalue weighted by Gasteiger charge is 2.28. The number of aryl methyl sites for hydroxylation is 1. The molecule has 0 aliphatic carbocycles. The first-order valence-electron chi connectivity index (χ1n) is 5.56. The van der Waals surface area contributed by atoms with Crippen LogP contribution in [0.15, 0.2) is 23.0 Å². The van der Waals surface area contributed by atoms with Crippen LogP contribution in [0.4, 0.5) is 5.13 Å². The van der Waals surface area contributed by atoms with Gasteiger partial charge in [-0.25, -0.2) is 4.98 Å². The maximum atomic E-state index is 4.51. The molecule has 1 aliphatic heterocycles. The topological polar surface area (TPSA) is 16.1 Å². The second-order valence-corrected chi connectivity index (χ2v) is 6.15. The molecule has 16 heavy (non-hydrogen) atoms. The van der Waals surface area contributed by atoms with E-state index >= 15 is 0 Å². The molecular formula is C12H14N2S2. The molecule has 3 heterocycles. The summed E-state index contributed by atoms with van der Waals surface area (Å²) in [4.78, 5) is 8.26. The van der Waals surface area contributed by atoms with Crippen molar-refractivity contribution in [2.45, 2.75) is 25.8 Å². The molecule has 3 rings (SSSR count). The molecule has 1 unspecified atom stereocenters. The lowest BCUT2D eigenvalue weighted by molar-refractivity contribution is 0.720. The molecule has 1 saturated heterocycles. The molecule has 1 atom stereocenters. The van der Waals surface area contributed by atoms with E-state index in [9.17, 15) is 0 Å². The van der Waals surface area contributed by atoms with Gasteiger partial charge in [0.25, 0.3) is 0 Å². The average molecular weight is 250 g/mol. The number of anilines is 1. The predicted octanol–water partition coefficient (Wildman–Crippen LogP) is 3.85. The van der Waals surface area contributed by atoms with E-state index in [0.717, 1.165) is 6.54 Å². The second-order valence-electron chi connectivity index (χ2n) is 4.16. The number of thiophene rings is 1. The molecule has 4 heteroatoms. The van der Waals surface area contributed by atoms with Gasteiger partial charge in [0.1, 0.15) is 0 Å². The Balaban J connectivity index is 1.90. The van der Waals surface area contributed by atoms with Crippen LogP contribution in [0.3, 0.4) is 0 Å². The van der Waals surface area contributed by atoms with Crippen LogP contribution < -0.4 is 4.90 Å². The van der Waals surface area contributed by atoms with Crippen LogP contribution in [-0.2, 0) is 0 Å². The average Bonchev–Trinajstić information content (AvgIpc) is 2.96. The van der Waals surface area contributed by atoms with Crippen molar-refractivity contribution in [2.24, 2.45) is 0 Å². The maximum absolute atomic E-state index is 4.51. The first kappa shape index (κ1) is 10.3. The smallest absolute Gasteiger partial charge is 0.186 e. The number of hydrogen-bond acceptors (Lipinski definition) is 4. The van der Waals surface area contributed by atoms with Crippen molar-refractivity contribution in [1.29, 1.82) is 0 Å². The van der Waals surface area contributed by atoms with Gasteiger partial charge in [-0.05, 0) is 42.2 Å². The molecule has 84 valence electrons. The standard InChI is InChI=1S/C12H14N2S2/c1-9-7-13-12(16-9)14-5-2-3-11(14)10-4-6-15-8-10/h4,6-8,11H,2-3,5H2,1H3. The van der Waals surface area contributed by atoms with Crippen molar-refractivity contribution < 1.29 is 0 Å². The number of rotatable bonds is 2. The van der Waals surface area contributed by atoms with E-state index in [1.54, 1.807) is 22.7 Å². The normalized spacial score (nSPS) is 20.6. The zero-order valence-corrected chi connectivity index (χ0v) is 10.9. The van der Waals surface area contributed by atoms with Gasteiger partial charge in [-0.2, -0.15) is 11.3 Å². The van der Waals surface area contributed by atoms with E-state index in [4.69, 9.17) is 0 Å². The predicted molar refractivity (Wildman–Crippen MR) is 70.5 cm³/mol. The van der Waals surface area contributed by atoms with E-state index in [0.29, 0.717) is 6.04 Å². The summed E-state index contributed by atoms with van der Waals surface area (Å²) in [5, 5.41) is 5.62. The number of aromatic nitrogens is 1. The summed E-state index contributed by atoms with van der Waals surface area (Å²) in [6, 6.07) is 2.80. The third kappa shape index (κ3) is 1.76. The zero-order valence-electron chi connectivity index (χ0n) is 9.22. The van der Waals surface area contributed by atoms with Gasteiger partial charge in [0.15, 0.2) is 5.13 Å². The molecule has 0 spiro atoms. The van der Waals surface area contributed by atoms with E-state index < -0.39 is 0 Å². The summed E-state index contributed by atoms with van der Waals surface area (Å²) in [6.45, 7) is 3.27. The van der Waals surface area contributed by atoms with Crippen LogP contribution in [0.25, 0.3) is 0 Å². The Hall–Kier alpha value is -0.870. The lowest BCUT2D eigenvalue weighted by Crippen LogP contribution is -2.21. The van der Waals surface area contributed by atoms with E-state index in [-0.39, 0.29) is 0 Å². The minimum atomic E-state index is 0.553. The van der Waals surface area contributed by atoms with Gasteiger partial charge in [0.05, 0.1) is 6.04 Å². The van der Waals surface area contributed by atoms with Gasteiger partial charge in [0.2, 0.25) is 0 Å². The van der Waals surface area contributed by atoms with Crippen LogP contribution in [0.1, 0.15) is 29.3 Å². The zero-order chi connectivity index (χ0) is 11.0. The van der Waals surface area contributed by atoms with Crippen LogP contribution in [-0.4, -0.2) is 11.5 Å². The number of thiazole rings is 1. The minimum Gasteiger partial charge on any atom is -0.341 e. The summed E-state index contributed by atoms with van der Waals surface area (Å²) in [5.74, 6) is 0. The third-order valence-electron chi connectivity index (χ3n) is 3.04. The van der Waals surface area contributed by atoms with Crippen LogP contribution in [0, 0.1) is 6.92 Å². The molecule has 0 radical (unpaired) electrons. The largest absolute Gasteiger partial charge is 0.341 e. The van der Waals surface area contributed by atoms with Gasteiger partial charge in [0, 0.05) is 17.6 Å². The molecule has 2 aromatic rings. The molecule has 2 nitrogen and oxygen atoms in total. The Morgan fingerprint density at radius 1 is 1.50 bits per heavy atom. The molecule has 1 aliphatic rings. The van der Waals surface area contributed by atoms with Gasteiger partial charge in [-0.1, -0.05) is 0 Å². The Labute approximate surface area is 104 Å². The Kier molecular flexibility index (Phi) is 2.69. The van der Waals surface area contributed by atoms with Gasteiger partial charge < -0.3 is 4.90 Å². The second kappa shape index (κ2) is 4.18. The van der Waals surface area contributed by atoms with E-state index in [1.165, 1.54) is 28.4 Å². The lowest BCUT2D eigenvalue weighted by atomic mass is 10.1. The Morgan fingerprint density at radius 3 is 3.12 bits per heavy atom. The van der Waals surface area contributed by atoms with E-state index in [2.05, 4.69) is 33.6 Å². The summed E-state index contributed by atoms with van der Waals surface area (Å²) >= 11 is 3.59. The number of nitrogens with zero attached hydrogens (tertiary/aromatic N) is 2. The van der Waals surface area contributed by atoms with Crippen molar-refractivity contribution >= 4 is 27.8 Å². The summed E-state index contributed by atoms with van der Waals surface area (Å²) < 4.78 is 0. The quantitative estimate of drug-likeness (QED) is 0.804. The first-order chi connectivity index (χ1) is 7.84. The van der Waals surface area contributed by atoms with Crippen molar-refractivity contribution in [1.82, 2.24) is 4.98 Å². The first-order valence-corrected chi connectivity index (χ1v) is 7.32. The van der Waals surface area contributed by atoms with Gasteiger partial charge in [-0.3, -0.25) is 0 Å². The minimum absolute atomic E-state index is 0.553. The molecule has 0 saturated carbocycles. The summed E-state index contributed by atoms with van der Waals surface area (Å²) in [5.41, 5.74) is 1.45. The fraction of sp³-hybridized carbons (Fsp3) is 0.417. The van der Waals surface area contributed by atoms with Crippen LogP contribution >= 0.6 is 22.7 Å².